The molecule has 0 atom stereocenters. The van der Waals surface area contributed by atoms with E-state index < -0.39 is 0 Å². The molecule has 0 saturated carbocycles. The van der Waals surface area contributed by atoms with Crippen molar-refractivity contribution in [2.45, 2.75) is 26.7 Å². The highest BCUT2D eigenvalue weighted by Crippen LogP contribution is 2.23. The number of aryl methyl sites for hydroxylation is 1. The maximum atomic E-state index is 12.0. The molecule has 0 aliphatic rings. The monoisotopic (exact) mass is 313 g/mol. The average molecular weight is 313 g/mol. The Balaban J connectivity index is 1.74. The van der Waals surface area contributed by atoms with E-state index >= 15 is 0 Å². The van der Waals surface area contributed by atoms with Gasteiger partial charge in [-0.25, -0.2) is 0 Å². The highest BCUT2D eigenvalue weighted by molar-refractivity contribution is 5.92. The number of nitrogens with one attached hydrogen (secondary N) is 1. The van der Waals surface area contributed by atoms with Crippen LogP contribution in [-0.4, -0.2) is 19.1 Å². The molecule has 0 aliphatic carbocycles. The van der Waals surface area contributed by atoms with Crippen molar-refractivity contribution in [3.63, 3.8) is 0 Å². The topological polar surface area (TPSA) is 47.6 Å². The molecule has 0 saturated heterocycles. The van der Waals surface area contributed by atoms with Gasteiger partial charge < -0.3 is 14.8 Å². The van der Waals surface area contributed by atoms with Crippen molar-refractivity contribution in [2.75, 3.05) is 18.5 Å². The van der Waals surface area contributed by atoms with E-state index in [1.807, 2.05) is 62.4 Å². The number of hydrogen-bond donors (Lipinski definition) is 1. The lowest BCUT2D eigenvalue weighted by Gasteiger charge is -2.11. The van der Waals surface area contributed by atoms with Gasteiger partial charge in [0.2, 0.25) is 5.91 Å². The summed E-state index contributed by atoms with van der Waals surface area (Å²) in [5.41, 5.74) is 1.91. The van der Waals surface area contributed by atoms with E-state index in [-0.39, 0.29) is 5.91 Å². The first-order valence-electron chi connectivity index (χ1n) is 7.90. The third-order valence-corrected chi connectivity index (χ3v) is 3.30. The summed E-state index contributed by atoms with van der Waals surface area (Å²) in [5.74, 6) is 1.49. The van der Waals surface area contributed by atoms with E-state index in [0.717, 1.165) is 5.75 Å². The molecule has 2 rings (SSSR count). The number of carbonyl (C=O) groups excluding carboxylic acids is 1. The predicted octanol–water partition coefficient (Wildman–Crippen LogP) is 4.19. The summed E-state index contributed by atoms with van der Waals surface area (Å²) in [6, 6.07) is 15.3. The molecule has 4 nitrogen and oxygen atoms in total. The molecule has 2 aromatic carbocycles. The van der Waals surface area contributed by atoms with E-state index in [1.165, 1.54) is 5.56 Å². The van der Waals surface area contributed by atoms with Gasteiger partial charge in [-0.05, 0) is 44.5 Å². The molecule has 0 bridgehead atoms. The molecule has 0 radical (unpaired) electrons. The second-order valence-electron chi connectivity index (χ2n) is 5.24. The lowest BCUT2D eigenvalue weighted by atomic mass is 10.2. The summed E-state index contributed by atoms with van der Waals surface area (Å²) in [6.45, 7) is 5.04. The maximum Gasteiger partial charge on any atom is 0.224 e. The quantitative estimate of drug-likeness (QED) is 0.743. The number of para-hydroxylation sites is 2. The molecular formula is C19H23NO3. The van der Waals surface area contributed by atoms with E-state index in [9.17, 15) is 4.79 Å². The number of hydrogen-bond acceptors (Lipinski definition) is 3. The molecule has 122 valence electrons. The largest absolute Gasteiger partial charge is 0.494 e. The lowest BCUT2D eigenvalue weighted by Crippen LogP contribution is -2.13. The SMILES string of the molecule is CCOc1ccccc1NC(=O)CCCOc1ccc(C)cc1. The number of ether oxygens (including phenoxy) is 2. The molecule has 0 fully saturated rings. The molecule has 0 aromatic heterocycles. The number of amides is 1. The van der Waals surface area contributed by atoms with Gasteiger partial charge in [0.1, 0.15) is 11.5 Å². The van der Waals surface area contributed by atoms with Crippen LogP contribution >= 0.6 is 0 Å². The Morgan fingerprint density at radius 1 is 1.04 bits per heavy atom. The molecular weight excluding hydrogens is 290 g/mol. The summed E-state index contributed by atoms with van der Waals surface area (Å²) in [4.78, 5) is 12.0. The minimum absolute atomic E-state index is 0.0374. The summed E-state index contributed by atoms with van der Waals surface area (Å²) in [6.07, 6.45) is 1.07. The summed E-state index contributed by atoms with van der Waals surface area (Å²) < 4.78 is 11.1. The van der Waals surface area contributed by atoms with Crippen molar-refractivity contribution in [2.24, 2.45) is 0 Å². The van der Waals surface area contributed by atoms with Gasteiger partial charge in [-0.3, -0.25) is 4.79 Å². The third-order valence-electron chi connectivity index (χ3n) is 3.30. The van der Waals surface area contributed by atoms with Gasteiger partial charge in [0.15, 0.2) is 0 Å². The number of benzene rings is 2. The highest BCUT2D eigenvalue weighted by Gasteiger charge is 2.07. The average Bonchev–Trinajstić information content (AvgIpc) is 2.55. The first-order chi connectivity index (χ1) is 11.2. The predicted molar refractivity (Wildman–Crippen MR) is 92.1 cm³/mol. The minimum atomic E-state index is -0.0374. The first kappa shape index (κ1) is 16.9. The van der Waals surface area contributed by atoms with E-state index in [0.29, 0.717) is 37.5 Å². The van der Waals surface area contributed by atoms with Crippen LogP contribution in [0.3, 0.4) is 0 Å². The van der Waals surface area contributed by atoms with Gasteiger partial charge in [-0.1, -0.05) is 29.8 Å². The van der Waals surface area contributed by atoms with Gasteiger partial charge in [-0.15, -0.1) is 0 Å². The zero-order chi connectivity index (χ0) is 16.5. The fraction of sp³-hybridized carbons (Fsp3) is 0.316. The number of carbonyl (C=O) groups is 1. The minimum Gasteiger partial charge on any atom is -0.494 e. The van der Waals surface area contributed by atoms with Crippen LogP contribution in [0, 0.1) is 6.92 Å². The standard InChI is InChI=1S/C19H23NO3/c1-3-22-18-8-5-4-7-17(18)20-19(21)9-6-14-23-16-12-10-15(2)11-13-16/h4-5,7-8,10-13H,3,6,9,14H2,1-2H3,(H,20,21). The molecule has 1 N–H and O–H groups in total. The van der Waals surface area contributed by atoms with Crippen molar-refractivity contribution in [1.82, 2.24) is 0 Å². The molecule has 0 heterocycles. The zero-order valence-electron chi connectivity index (χ0n) is 13.7. The third kappa shape index (κ3) is 5.66. The van der Waals surface area contributed by atoms with Gasteiger partial charge in [-0.2, -0.15) is 0 Å². The number of rotatable bonds is 8. The van der Waals surface area contributed by atoms with Crippen molar-refractivity contribution in [1.29, 1.82) is 0 Å². The van der Waals surface area contributed by atoms with Crippen LogP contribution < -0.4 is 14.8 Å². The molecule has 0 aliphatic heterocycles. The molecule has 0 unspecified atom stereocenters. The van der Waals surface area contributed by atoms with E-state index in [4.69, 9.17) is 9.47 Å². The molecule has 2 aromatic rings. The second kappa shape index (κ2) is 8.83. The molecule has 23 heavy (non-hydrogen) atoms. The van der Waals surface area contributed by atoms with Crippen molar-refractivity contribution in [3.8, 4) is 11.5 Å². The van der Waals surface area contributed by atoms with Crippen LogP contribution in [0.25, 0.3) is 0 Å². The number of anilines is 1. The first-order valence-corrected chi connectivity index (χ1v) is 7.90. The van der Waals surface area contributed by atoms with Gasteiger partial charge >= 0.3 is 0 Å². The Morgan fingerprint density at radius 3 is 2.52 bits per heavy atom. The van der Waals surface area contributed by atoms with Crippen LogP contribution in [0.2, 0.25) is 0 Å². The van der Waals surface area contributed by atoms with Crippen molar-refractivity contribution >= 4 is 11.6 Å². The smallest absolute Gasteiger partial charge is 0.224 e. The zero-order valence-corrected chi connectivity index (χ0v) is 13.7. The van der Waals surface area contributed by atoms with E-state index in [2.05, 4.69) is 5.32 Å². The Morgan fingerprint density at radius 2 is 1.78 bits per heavy atom. The Kier molecular flexibility index (Phi) is 6.48. The molecule has 0 spiro atoms. The second-order valence-corrected chi connectivity index (χ2v) is 5.24. The van der Waals surface area contributed by atoms with Crippen molar-refractivity contribution < 1.29 is 14.3 Å². The Hall–Kier alpha value is -2.49. The van der Waals surface area contributed by atoms with Crippen molar-refractivity contribution in [3.05, 3.63) is 54.1 Å². The highest BCUT2D eigenvalue weighted by atomic mass is 16.5. The van der Waals surface area contributed by atoms with Crippen LogP contribution in [-0.2, 0) is 4.79 Å². The summed E-state index contributed by atoms with van der Waals surface area (Å²) in [7, 11) is 0. The van der Waals surface area contributed by atoms with Crippen LogP contribution in [0.4, 0.5) is 5.69 Å². The summed E-state index contributed by atoms with van der Waals surface area (Å²) >= 11 is 0. The fourth-order valence-corrected chi connectivity index (χ4v) is 2.12. The normalized spacial score (nSPS) is 10.2. The van der Waals surface area contributed by atoms with Crippen LogP contribution in [0.15, 0.2) is 48.5 Å². The fourth-order valence-electron chi connectivity index (χ4n) is 2.12. The summed E-state index contributed by atoms with van der Waals surface area (Å²) in [5, 5.41) is 2.88. The van der Waals surface area contributed by atoms with Crippen LogP contribution in [0.5, 0.6) is 11.5 Å². The van der Waals surface area contributed by atoms with Gasteiger partial charge in [0.05, 0.1) is 18.9 Å². The van der Waals surface area contributed by atoms with Gasteiger partial charge in [0, 0.05) is 6.42 Å². The Bertz CT molecular complexity index is 623. The lowest BCUT2D eigenvalue weighted by molar-refractivity contribution is -0.116. The van der Waals surface area contributed by atoms with Crippen LogP contribution in [0.1, 0.15) is 25.3 Å². The molecule has 4 heteroatoms. The Labute approximate surface area is 137 Å². The maximum absolute atomic E-state index is 12.0. The van der Waals surface area contributed by atoms with E-state index in [1.54, 1.807) is 0 Å². The molecule has 1 amide bonds. The van der Waals surface area contributed by atoms with Gasteiger partial charge in [0.25, 0.3) is 0 Å².